The molecule has 14 saturated heterocycles. The van der Waals surface area contributed by atoms with E-state index in [1.165, 1.54) is 0 Å². The molecule has 0 radical (unpaired) electrons. The minimum absolute atomic E-state index is 0.00963. The van der Waals surface area contributed by atoms with Crippen LogP contribution in [0.4, 0.5) is 0 Å². The number of carbonyl (C=O) groups excluding carboxylic acids is 1. The van der Waals surface area contributed by atoms with Crippen molar-refractivity contribution in [3.8, 4) is 0 Å². The van der Waals surface area contributed by atoms with E-state index in [4.69, 9.17) is 61.6 Å². The van der Waals surface area contributed by atoms with Gasteiger partial charge in [0.1, 0.15) is 36.6 Å². The predicted molar refractivity (Wildman–Crippen MR) is 280 cm³/mol. The quantitative estimate of drug-likeness (QED) is 0.205. The maximum Gasteiger partial charge on any atom is 0.308 e. The number of fused-ring (bicyclic) bond motifs is 10. The fraction of sp³-hybridized carbons (Fsp3) is 0.919. The van der Waals surface area contributed by atoms with Gasteiger partial charge in [0.05, 0.1) is 116 Å². The first-order valence-electron chi connectivity index (χ1n) is 31.5. The van der Waals surface area contributed by atoms with E-state index in [-0.39, 0.29) is 164 Å². The van der Waals surface area contributed by atoms with Crippen molar-refractivity contribution in [3.05, 3.63) is 24.3 Å². The second-order valence-electron chi connectivity index (χ2n) is 28.6. The third-order valence-corrected chi connectivity index (χ3v) is 23.2. The summed E-state index contributed by atoms with van der Waals surface area (Å²) in [5.74, 6) is -0.284. The second kappa shape index (κ2) is 20.2. The minimum Gasteiger partial charge on any atom is -0.459 e. The van der Waals surface area contributed by atoms with Crippen LogP contribution in [-0.2, 0) is 66.4 Å². The van der Waals surface area contributed by atoms with Gasteiger partial charge in [-0.15, -0.1) is 0 Å². The van der Waals surface area contributed by atoms with Gasteiger partial charge in [0.15, 0.2) is 11.6 Å². The molecule has 3 spiro atoms. The Morgan fingerprint density at radius 1 is 0.544 bits per heavy atom. The third-order valence-electron chi connectivity index (χ3n) is 23.2. The zero-order chi connectivity index (χ0) is 54.0. The smallest absolute Gasteiger partial charge is 0.308 e. The van der Waals surface area contributed by atoms with Gasteiger partial charge in [0.25, 0.3) is 0 Å². The lowest BCUT2D eigenvalue weighted by Gasteiger charge is -2.51. The molecule has 16 fully saturated rings. The van der Waals surface area contributed by atoms with E-state index in [1.807, 2.05) is 0 Å². The summed E-state index contributed by atoms with van der Waals surface area (Å²) in [6, 6.07) is 0. The van der Waals surface area contributed by atoms with Crippen molar-refractivity contribution < 1.29 is 81.7 Å². The molecule has 0 aromatic rings. The van der Waals surface area contributed by atoms with Gasteiger partial charge in [0.2, 0.25) is 0 Å². The Balaban J connectivity index is 0.655. The van der Waals surface area contributed by atoms with E-state index in [9.17, 15) is 20.1 Å². The van der Waals surface area contributed by atoms with Gasteiger partial charge in [-0.3, -0.25) is 4.79 Å². The molecule has 17 nitrogen and oxygen atoms in total. The molecule has 17 heteroatoms. The van der Waals surface area contributed by atoms with Gasteiger partial charge in [-0.25, -0.2) is 0 Å². The molecule has 14 aliphatic heterocycles. The molecule has 12 bridgehead atoms. The lowest BCUT2D eigenvalue weighted by atomic mass is 9.65. The molecule has 3 unspecified atom stereocenters. The first kappa shape index (κ1) is 54.0. The Hall–Kier alpha value is -1.65. The first-order valence-corrected chi connectivity index (χ1v) is 31.5. The van der Waals surface area contributed by atoms with Gasteiger partial charge >= 0.3 is 5.97 Å². The number of esters is 1. The molecule has 440 valence electrons. The van der Waals surface area contributed by atoms with Crippen LogP contribution in [0.3, 0.4) is 0 Å². The van der Waals surface area contributed by atoms with Gasteiger partial charge in [0, 0.05) is 57.3 Å². The van der Waals surface area contributed by atoms with Crippen LogP contribution in [0.1, 0.15) is 156 Å². The van der Waals surface area contributed by atoms with Gasteiger partial charge in [-0.2, -0.15) is 0 Å². The minimum atomic E-state index is -0.982. The molecular weight excluding hydrogens is 1020 g/mol. The number of rotatable bonds is 4. The summed E-state index contributed by atoms with van der Waals surface area (Å²) in [4.78, 5) is 14.6. The van der Waals surface area contributed by atoms with E-state index in [2.05, 4.69) is 40.9 Å². The molecule has 16 rings (SSSR count). The van der Waals surface area contributed by atoms with E-state index in [1.54, 1.807) is 0 Å². The molecule has 79 heavy (non-hydrogen) atoms. The SMILES string of the molecule is C=C1C[C@@H]2CC[C@@]34CC5O[C@H]6[C@@H](O3)[C@H]3O[C@H](CC[C@@H]3O[C@H]6[C@H]5O4)CC(=O)O[C@@H]3[C@@H](C)[C@@H]4C[C@@H]5C[C@]6(C[C@@H]7C[C@@]8(C[C@H](C)[C@@H]7O6)C[C@H](C)[C@@H]6O[C@H]([C@H](O)C[C@H](O)CO)C[C@@H]6O8)O[C@@H]5C[C@@H]4O[C@H]3CC3O[C@@H](CCC1O2)C[C@@H](C)C3=C. The fourth-order valence-electron chi connectivity index (χ4n) is 19.7. The summed E-state index contributed by atoms with van der Waals surface area (Å²) >= 11 is 0. The Labute approximate surface area is 466 Å². The highest BCUT2D eigenvalue weighted by atomic mass is 16.8. The third kappa shape index (κ3) is 9.45. The summed E-state index contributed by atoms with van der Waals surface area (Å²) in [5.41, 5.74) is 1.90. The molecule has 16 aliphatic rings. The topological polar surface area (TPSA) is 198 Å². The molecule has 2 aliphatic carbocycles. The molecule has 2 saturated carbocycles. The molecule has 32 atom stereocenters. The average Bonchev–Trinajstić information content (AvgIpc) is 4.26. The van der Waals surface area contributed by atoms with Crippen LogP contribution < -0.4 is 0 Å². The lowest BCUT2D eigenvalue weighted by Crippen LogP contribution is -2.61. The van der Waals surface area contributed by atoms with Crippen molar-refractivity contribution in [3.63, 3.8) is 0 Å². The molecule has 0 aromatic heterocycles. The van der Waals surface area contributed by atoms with Crippen molar-refractivity contribution in [1.82, 2.24) is 0 Å². The number of hydrogen-bond donors (Lipinski definition) is 3. The van der Waals surface area contributed by atoms with Crippen LogP contribution in [0.25, 0.3) is 0 Å². The summed E-state index contributed by atoms with van der Waals surface area (Å²) in [5, 5.41) is 30.4. The van der Waals surface area contributed by atoms with E-state index in [0.29, 0.717) is 32.1 Å². The lowest BCUT2D eigenvalue weighted by molar-refractivity contribution is -0.293. The summed E-state index contributed by atoms with van der Waals surface area (Å²) in [7, 11) is 0. The molecule has 0 amide bonds. The largest absolute Gasteiger partial charge is 0.459 e. The van der Waals surface area contributed by atoms with Crippen molar-refractivity contribution in [2.45, 2.75) is 308 Å². The Bertz CT molecular complexity index is 2340. The number of aliphatic hydroxyl groups excluding tert-OH is 3. The standard InChI is InChI=1S/C62H90O17/c1-28-13-37-7-9-42-29(2)14-39(67-42)11-12-61-26-50-56(78-61)57-58(73-50)59(79-61)55-43(71-57)10-8-38(69-55)17-51(66)74-54-33(6)40-15-34-24-62(76-45(34)19-46(40)70-48(54)18-44(68-37)32(28)5)25-35-23-60(21-30(3)52(35)77-62)22-31(4)53-49(75-60)20-47(72-53)41(65)16-36(64)27-63/h28,30-31,33-50,52-59,63-65H,2,5,7-27H2,1,3-4,6H3/t28-,30+,31+,33+,34-,35+,36+,37+,38-,39+,40+,41-,42?,43+,44?,45-,46+,47+,48+,49+,50?,52+,53+,54-,55+,56+,57+,58-,59+,60-,61+,62+/m1/s1. The van der Waals surface area contributed by atoms with Gasteiger partial charge < -0.3 is 76.9 Å². The second-order valence-corrected chi connectivity index (χ2v) is 28.6. The maximum absolute atomic E-state index is 14.6. The Kier molecular flexibility index (Phi) is 13.8. The van der Waals surface area contributed by atoms with Crippen LogP contribution in [0.15, 0.2) is 24.3 Å². The Morgan fingerprint density at radius 3 is 2.14 bits per heavy atom. The highest BCUT2D eigenvalue weighted by molar-refractivity contribution is 5.70. The van der Waals surface area contributed by atoms with Crippen molar-refractivity contribution in [2.75, 3.05) is 6.61 Å². The predicted octanol–water partition coefficient (Wildman–Crippen LogP) is 6.46. The van der Waals surface area contributed by atoms with Crippen LogP contribution in [0, 0.1) is 41.4 Å². The van der Waals surface area contributed by atoms with E-state index in [0.717, 1.165) is 94.6 Å². The average molecular weight is 1110 g/mol. The molecular formula is C62H90O17. The van der Waals surface area contributed by atoms with Gasteiger partial charge in [-0.05, 0) is 117 Å². The summed E-state index contributed by atoms with van der Waals surface area (Å²) < 4.78 is 90.5. The molecule has 3 N–H and O–H groups in total. The number of carbonyl (C=O) groups is 1. The zero-order valence-electron chi connectivity index (χ0n) is 47.1. The first-order chi connectivity index (χ1) is 38.0. The van der Waals surface area contributed by atoms with Crippen LogP contribution in [-0.4, -0.2) is 179 Å². The van der Waals surface area contributed by atoms with Crippen LogP contribution >= 0.6 is 0 Å². The fourth-order valence-corrected chi connectivity index (χ4v) is 19.7. The highest BCUT2D eigenvalue weighted by Gasteiger charge is 2.69. The highest BCUT2D eigenvalue weighted by Crippen LogP contribution is 2.61. The van der Waals surface area contributed by atoms with Crippen molar-refractivity contribution in [1.29, 1.82) is 0 Å². The summed E-state index contributed by atoms with van der Waals surface area (Å²) in [6.07, 6.45) is 8.40. The monoisotopic (exact) mass is 1110 g/mol. The van der Waals surface area contributed by atoms with Gasteiger partial charge in [-0.1, -0.05) is 40.9 Å². The number of hydrogen-bond acceptors (Lipinski definition) is 17. The zero-order valence-corrected chi connectivity index (χ0v) is 47.1. The molecule has 0 aromatic carbocycles. The van der Waals surface area contributed by atoms with Crippen molar-refractivity contribution >= 4 is 5.97 Å². The Morgan fingerprint density at radius 2 is 1.29 bits per heavy atom. The molecule has 14 heterocycles. The van der Waals surface area contributed by atoms with Crippen molar-refractivity contribution in [2.24, 2.45) is 41.4 Å². The summed E-state index contributed by atoms with van der Waals surface area (Å²) in [6.45, 7) is 17.9. The van der Waals surface area contributed by atoms with Crippen LogP contribution in [0.2, 0.25) is 0 Å². The van der Waals surface area contributed by atoms with E-state index >= 15 is 0 Å². The normalized spacial score (nSPS) is 57.2. The van der Waals surface area contributed by atoms with Crippen LogP contribution in [0.5, 0.6) is 0 Å². The maximum atomic E-state index is 14.6. The van der Waals surface area contributed by atoms with E-state index < -0.39 is 54.8 Å². The number of ether oxygens (including phenoxy) is 13. The number of aliphatic hydroxyl groups is 3.